The van der Waals surface area contributed by atoms with Gasteiger partial charge in [-0.1, -0.05) is 69.5 Å². The molecular formula is C16H14BrCl2NO. The summed E-state index contributed by atoms with van der Waals surface area (Å²) in [4.78, 5) is 12.5. The van der Waals surface area contributed by atoms with E-state index in [0.29, 0.717) is 20.9 Å². The van der Waals surface area contributed by atoms with E-state index in [4.69, 9.17) is 23.2 Å². The summed E-state index contributed by atoms with van der Waals surface area (Å²) < 4.78 is 0. The van der Waals surface area contributed by atoms with Crippen molar-refractivity contribution < 1.29 is 4.79 Å². The van der Waals surface area contributed by atoms with Crippen LogP contribution in [0.5, 0.6) is 0 Å². The van der Waals surface area contributed by atoms with Crippen LogP contribution in [0, 0.1) is 0 Å². The smallest absolute Gasteiger partial charge is 0.253 e. The SMILES string of the molecule is CC(CBr)(NC(=O)c1cc(Cl)ccc1Cl)c1ccccc1. The van der Waals surface area contributed by atoms with Gasteiger partial charge in [0, 0.05) is 10.4 Å². The highest BCUT2D eigenvalue weighted by molar-refractivity contribution is 9.09. The Morgan fingerprint density at radius 3 is 2.48 bits per heavy atom. The quantitative estimate of drug-likeness (QED) is 0.733. The van der Waals surface area contributed by atoms with Crippen molar-refractivity contribution in [3.05, 3.63) is 69.7 Å². The summed E-state index contributed by atoms with van der Waals surface area (Å²) in [5, 5.41) is 4.45. The van der Waals surface area contributed by atoms with Crippen LogP contribution in [0.4, 0.5) is 0 Å². The van der Waals surface area contributed by atoms with Crippen molar-refractivity contribution in [3.8, 4) is 0 Å². The Morgan fingerprint density at radius 1 is 1.19 bits per heavy atom. The predicted octanol–water partition coefficient (Wildman–Crippen LogP) is 5.03. The zero-order valence-electron chi connectivity index (χ0n) is 11.4. The van der Waals surface area contributed by atoms with Crippen molar-refractivity contribution in [3.63, 3.8) is 0 Å². The van der Waals surface area contributed by atoms with E-state index in [1.807, 2.05) is 37.3 Å². The molecule has 5 heteroatoms. The molecule has 1 unspecified atom stereocenters. The van der Waals surface area contributed by atoms with Gasteiger partial charge in [-0.2, -0.15) is 0 Å². The molecule has 0 fully saturated rings. The minimum atomic E-state index is -0.538. The molecule has 0 aromatic heterocycles. The highest BCUT2D eigenvalue weighted by Crippen LogP contribution is 2.26. The maximum atomic E-state index is 12.5. The fourth-order valence-corrected chi connectivity index (χ4v) is 2.82. The molecule has 0 saturated carbocycles. The van der Waals surface area contributed by atoms with E-state index >= 15 is 0 Å². The van der Waals surface area contributed by atoms with Gasteiger partial charge >= 0.3 is 0 Å². The molecule has 110 valence electrons. The lowest BCUT2D eigenvalue weighted by Crippen LogP contribution is -2.45. The van der Waals surface area contributed by atoms with Crippen molar-refractivity contribution in [1.82, 2.24) is 5.32 Å². The number of halogens is 3. The van der Waals surface area contributed by atoms with Crippen LogP contribution in [0.25, 0.3) is 0 Å². The molecule has 0 radical (unpaired) electrons. The number of amides is 1. The van der Waals surface area contributed by atoms with Gasteiger partial charge < -0.3 is 5.32 Å². The van der Waals surface area contributed by atoms with Crippen molar-refractivity contribution in [2.75, 3.05) is 5.33 Å². The molecule has 0 heterocycles. The minimum Gasteiger partial charge on any atom is -0.342 e. The third-order valence-corrected chi connectivity index (χ3v) is 4.93. The second-order valence-electron chi connectivity index (χ2n) is 4.91. The molecule has 2 aromatic carbocycles. The number of hydrogen-bond donors (Lipinski definition) is 1. The Bertz CT molecular complexity index is 648. The van der Waals surface area contributed by atoms with E-state index in [9.17, 15) is 4.79 Å². The number of alkyl halides is 1. The molecular weight excluding hydrogens is 373 g/mol. The molecule has 0 bridgehead atoms. The van der Waals surface area contributed by atoms with Crippen LogP contribution in [-0.2, 0) is 5.54 Å². The Labute approximate surface area is 142 Å². The van der Waals surface area contributed by atoms with Crippen LogP contribution < -0.4 is 5.32 Å². The zero-order chi connectivity index (χ0) is 15.5. The summed E-state index contributed by atoms with van der Waals surface area (Å²) >= 11 is 15.5. The van der Waals surface area contributed by atoms with Gasteiger partial charge in [-0.25, -0.2) is 0 Å². The molecule has 0 aliphatic carbocycles. The molecule has 1 amide bonds. The Morgan fingerprint density at radius 2 is 1.86 bits per heavy atom. The summed E-state index contributed by atoms with van der Waals surface area (Å²) in [6.45, 7) is 1.95. The summed E-state index contributed by atoms with van der Waals surface area (Å²) in [6.07, 6.45) is 0. The van der Waals surface area contributed by atoms with Crippen LogP contribution in [-0.4, -0.2) is 11.2 Å². The monoisotopic (exact) mass is 385 g/mol. The van der Waals surface area contributed by atoms with E-state index in [1.165, 1.54) is 0 Å². The standard InChI is InChI=1S/C16H14BrCl2NO/c1-16(10-17,11-5-3-2-4-6-11)20-15(21)13-9-12(18)7-8-14(13)19/h2-9H,10H2,1H3,(H,20,21). The number of hydrogen-bond acceptors (Lipinski definition) is 1. The normalized spacial score (nSPS) is 13.5. The molecule has 1 N–H and O–H groups in total. The van der Waals surface area contributed by atoms with Crippen LogP contribution in [0.15, 0.2) is 48.5 Å². The highest BCUT2D eigenvalue weighted by atomic mass is 79.9. The number of rotatable bonds is 4. The molecule has 0 aliphatic rings. The average molecular weight is 387 g/mol. The molecule has 2 rings (SSSR count). The number of benzene rings is 2. The lowest BCUT2D eigenvalue weighted by atomic mass is 9.94. The van der Waals surface area contributed by atoms with E-state index in [-0.39, 0.29) is 5.91 Å². The summed E-state index contributed by atoms with van der Waals surface area (Å²) in [5.41, 5.74) is 0.838. The number of carbonyl (C=O) groups excluding carboxylic acids is 1. The Balaban J connectivity index is 2.30. The average Bonchev–Trinajstić information content (AvgIpc) is 2.50. The molecule has 2 nitrogen and oxygen atoms in total. The lowest BCUT2D eigenvalue weighted by molar-refractivity contribution is 0.0914. The molecule has 2 aromatic rings. The fourth-order valence-electron chi connectivity index (χ4n) is 1.98. The van der Waals surface area contributed by atoms with Crippen molar-refractivity contribution in [2.45, 2.75) is 12.5 Å². The van der Waals surface area contributed by atoms with Crippen molar-refractivity contribution in [1.29, 1.82) is 0 Å². The molecule has 0 saturated heterocycles. The first-order valence-corrected chi connectivity index (χ1v) is 8.23. The van der Waals surface area contributed by atoms with Crippen molar-refractivity contribution in [2.24, 2.45) is 0 Å². The topological polar surface area (TPSA) is 29.1 Å². The van der Waals surface area contributed by atoms with E-state index in [2.05, 4.69) is 21.2 Å². The largest absolute Gasteiger partial charge is 0.342 e. The van der Waals surface area contributed by atoms with Gasteiger partial charge in [0.05, 0.1) is 16.1 Å². The lowest BCUT2D eigenvalue weighted by Gasteiger charge is -2.29. The molecule has 1 atom stereocenters. The summed E-state index contributed by atoms with van der Waals surface area (Å²) in [5.74, 6) is -0.256. The molecule has 0 spiro atoms. The third kappa shape index (κ3) is 3.79. The first kappa shape index (κ1) is 16.3. The van der Waals surface area contributed by atoms with Gasteiger partial charge in [-0.05, 0) is 30.7 Å². The van der Waals surface area contributed by atoms with Gasteiger partial charge in [-0.3, -0.25) is 4.79 Å². The van der Waals surface area contributed by atoms with Gasteiger partial charge in [-0.15, -0.1) is 0 Å². The number of nitrogens with one attached hydrogen (secondary N) is 1. The predicted molar refractivity (Wildman–Crippen MR) is 91.5 cm³/mol. The second-order valence-corrected chi connectivity index (χ2v) is 6.31. The number of carbonyl (C=O) groups is 1. The van der Waals surface area contributed by atoms with Gasteiger partial charge in [0.25, 0.3) is 5.91 Å². The van der Waals surface area contributed by atoms with E-state index in [1.54, 1.807) is 18.2 Å². The second kappa shape index (κ2) is 6.82. The van der Waals surface area contributed by atoms with Gasteiger partial charge in [0.15, 0.2) is 0 Å². The summed E-state index contributed by atoms with van der Waals surface area (Å²) in [7, 11) is 0. The minimum absolute atomic E-state index is 0.256. The third-order valence-electron chi connectivity index (χ3n) is 3.24. The Kier molecular flexibility index (Phi) is 5.31. The molecule has 21 heavy (non-hydrogen) atoms. The van der Waals surface area contributed by atoms with Gasteiger partial charge in [0.2, 0.25) is 0 Å². The van der Waals surface area contributed by atoms with E-state index < -0.39 is 5.54 Å². The van der Waals surface area contributed by atoms with Crippen LogP contribution in [0.3, 0.4) is 0 Å². The highest BCUT2D eigenvalue weighted by Gasteiger charge is 2.28. The maximum Gasteiger partial charge on any atom is 0.253 e. The zero-order valence-corrected chi connectivity index (χ0v) is 14.5. The van der Waals surface area contributed by atoms with Crippen LogP contribution in [0.1, 0.15) is 22.8 Å². The van der Waals surface area contributed by atoms with Crippen molar-refractivity contribution >= 4 is 45.0 Å². The summed E-state index contributed by atoms with van der Waals surface area (Å²) in [6, 6.07) is 14.6. The first-order chi connectivity index (χ1) is 9.96. The Hall–Kier alpha value is -1.03. The maximum absolute atomic E-state index is 12.5. The van der Waals surface area contributed by atoms with Crippen LogP contribution >= 0.6 is 39.1 Å². The van der Waals surface area contributed by atoms with Crippen LogP contribution in [0.2, 0.25) is 10.0 Å². The molecule has 0 aliphatic heterocycles. The van der Waals surface area contributed by atoms with E-state index in [0.717, 1.165) is 5.56 Å². The van der Waals surface area contributed by atoms with Gasteiger partial charge in [0.1, 0.15) is 0 Å². The fraction of sp³-hybridized carbons (Fsp3) is 0.188. The first-order valence-electron chi connectivity index (χ1n) is 6.35.